The van der Waals surface area contributed by atoms with Crippen LogP contribution < -0.4 is 10.6 Å². The first-order valence-electron chi connectivity index (χ1n) is 26.0. The highest BCUT2D eigenvalue weighted by atomic mass is 16.7. The van der Waals surface area contributed by atoms with E-state index in [0.717, 1.165) is 74.8 Å². The Hall–Kier alpha value is -6.61. The molecule has 2 fully saturated rings. The lowest BCUT2D eigenvalue weighted by molar-refractivity contribution is -0.384. The van der Waals surface area contributed by atoms with Gasteiger partial charge in [-0.15, -0.1) is 0 Å². The molecule has 410 valence electrons. The third-order valence-corrected chi connectivity index (χ3v) is 12.9. The van der Waals surface area contributed by atoms with E-state index in [1.54, 1.807) is 0 Å². The van der Waals surface area contributed by atoms with E-state index in [0.29, 0.717) is 6.54 Å². The van der Waals surface area contributed by atoms with Crippen molar-refractivity contribution in [1.82, 2.24) is 10.6 Å². The van der Waals surface area contributed by atoms with Crippen molar-refractivity contribution in [3.8, 4) is 0 Å². The van der Waals surface area contributed by atoms with Crippen LogP contribution in [0.25, 0.3) is 0 Å². The Balaban J connectivity index is 1.38. The Bertz CT molecular complexity index is 2430. The predicted molar refractivity (Wildman–Crippen MR) is 276 cm³/mol. The molecule has 10 atom stereocenters. The van der Waals surface area contributed by atoms with Gasteiger partial charge in [0.2, 0.25) is 5.91 Å². The van der Waals surface area contributed by atoms with Crippen molar-refractivity contribution in [2.24, 2.45) is 0 Å². The Morgan fingerprint density at radius 1 is 0.566 bits per heavy atom. The van der Waals surface area contributed by atoms with Crippen LogP contribution in [0.4, 0.5) is 5.69 Å². The molecule has 0 spiro atoms. The molecule has 0 saturated carbocycles. The van der Waals surface area contributed by atoms with E-state index < -0.39 is 96.5 Å². The molecule has 2 saturated heterocycles. The molecule has 2 heterocycles. The standard InChI is InChI=1S/C57H71N3O16/c1-5-6-7-8-9-19-32-58-49(64)31-30-46-51(69-33-41-20-13-10-14-21-41)55(71-35-43-24-17-12-18-25-43)52(70-34-42-22-15-11-16-23-42)47(75-46)37-72-57-50(59-56(65)44-26-28-45(29-27-44)60(66)67)54(74-40(4)63)53(73-39(3)62)48(76-57)36-68-38(2)61/h10-18,20-29,46-48,50-55,57H,5-9,19,30-37H2,1-4H3,(H,58,64)(H,59,65)/t46-,47-,48-,50-,51+,52+,53-,54-,55-,57-/m1/s1. The first-order valence-corrected chi connectivity index (χ1v) is 26.0. The first-order chi connectivity index (χ1) is 36.8. The van der Waals surface area contributed by atoms with Gasteiger partial charge in [-0.2, -0.15) is 0 Å². The van der Waals surface area contributed by atoms with Gasteiger partial charge < -0.3 is 53.3 Å². The van der Waals surface area contributed by atoms with Gasteiger partial charge in [0.25, 0.3) is 11.6 Å². The van der Waals surface area contributed by atoms with E-state index in [2.05, 4.69) is 17.6 Å². The zero-order chi connectivity index (χ0) is 54.2. The van der Waals surface area contributed by atoms with Gasteiger partial charge in [-0.1, -0.05) is 130 Å². The minimum atomic E-state index is -1.56. The second-order valence-corrected chi connectivity index (χ2v) is 18.8. The van der Waals surface area contributed by atoms with Crippen molar-refractivity contribution in [2.45, 2.75) is 160 Å². The average molecular weight is 1050 g/mol. The van der Waals surface area contributed by atoms with Gasteiger partial charge in [0.05, 0.1) is 37.5 Å². The lowest BCUT2D eigenvalue weighted by atomic mass is 9.91. The number of esters is 3. The summed E-state index contributed by atoms with van der Waals surface area (Å²) in [5.74, 6) is -3.26. The molecule has 4 aromatic rings. The monoisotopic (exact) mass is 1050 g/mol. The molecule has 4 aromatic carbocycles. The molecule has 19 nitrogen and oxygen atoms in total. The number of nitro groups is 1. The smallest absolute Gasteiger partial charge is 0.303 e. The number of hydrogen-bond donors (Lipinski definition) is 2. The summed E-state index contributed by atoms with van der Waals surface area (Å²) in [5.41, 5.74) is 2.33. The molecule has 0 radical (unpaired) electrons. The first kappa shape index (κ1) is 58.6. The number of carbonyl (C=O) groups is 5. The average Bonchev–Trinajstić information content (AvgIpc) is 3.41. The van der Waals surface area contributed by atoms with E-state index >= 15 is 0 Å². The Kier molecular flexibility index (Phi) is 23.8. The van der Waals surface area contributed by atoms with Crippen molar-refractivity contribution in [1.29, 1.82) is 0 Å². The van der Waals surface area contributed by atoms with Crippen LogP contribution in [0.15, 0.2) is 115 Å². The lowest BCUT2D eigenvalue weighted by Gasteiger charge is -2.48. The second kappa shape index (κ2) is 30.8. The normalized spacial score (nSPS) is 23.2. The van der Waals surface area contributed by atoms with Crippen molar-refractivity contribution in [2.75, 3.05) is 19.8 Å². The summed E-state index contributed by atoms with van der Waals surface area (Å²) in [7, 11) is 0. The number of ether oxygens (including phenoxy) is 9. The Morgan fingerprint density at radius 2 is 1.08 bits per heavy atom. The fraction of sp³-hybridized carbons (Fsp3) is 0.491. The van der Waals surface area contributed by atoms with E-state index in [1.807, 2.05) is 91.0 Å². The number of nitrogens with one attached hydrogen (secondary N) is 2. The molecular formula is C57H71N3O16. The van der Waals surface area contributed by atoms with Gasteiger partial charge in [-0.25, -0.2) is 0 Å². The molecular weight excluding hydrogens is 983 g/mol. The molecule has 0 aliphatic carbocycles. The van der Waals surface area contributed by atoms with Crippen molar-refractivity contribution >= 4 is 35.4 Å². The van der Waals surface area contributed by atoms with Crippen LogP contribution in [0.5, 0.6) is 0 Å². The molecule has 19 heteroatoms. The van der Waals surface area contributed by atoms with Crippen molar-refractivity contribution < 1.29 is 71.5 Å². The second-order valence-electron chi connectivity index (χ2n) is 18.8. The van der Waals surface area contributed by atoms with E-state index in [-0.39, 0.29) is 56.4 Å². The molecule has 0 unspecified atom stereocenters. The van der Waals surface area contributed by atoms with Crippen LogP contribution in [-0.2, 0) is 81.6 Å². The molecule has 76 heavy (non-hydrogen) atoms. The van der Waals surface area contributed by atoms with E-state index in [4.69, 9.17) is 42.6 Å². The fourth-order valence-electron chi connectivity index (χ4n) is 9.10. The number of nitrogens with zero attached hydrogens (tertiary/aromatic N) is 1. The summed E-state index contributed by atoms with van der Waals surface area (Å²) < 4.78 is 57.6. The van der Waals surface area contributed by atoms with Crippen molar-refractivity contribution in [3.05, 3.63) is 148 Å². The number of amides is 2. The van der Waals surface area contributed by atoms with Crippen LogP contribution in [0, 0.1) is 10.1 Å². The van der Waals surface area contributed by atoms with Gasteiger partial charge in [0.1, 0.15) is 43.2 Å². The van der Waals surface area contributed by atoms with Crippen LogP contribution in [0.1, 0.15) is 106 Å². The number of carbonyl (C=O) groups excluding carboxylic acids is 5. The van der Waals surface area contributed by atoms with Gasteiger partial charge in [-0.05, 0) is 41.7 Å². The maximum atomic E-state index is 14.1. The molecule has 6 rings (SSSR count). The third-order valence-electron chi connectivity index (χ3n) is 12.9. The highest BCUT2D eigenvalue weighted by molar-refractivity contribution is 5.94. The molecule has 2 aliphatic heterocycles. The summed E-state index contributed by atoms with van der Waals surface area (Å²) in [6.07, 6.45) is -3.54. The minimum Gasteiger partial charge on any atom is -0.463 e. The van der Waals surface area contributed by atoms with Crippen molar-refractivity contribution in [3.63, 3.8) is 0 Å². The summed E-state index contributed by atoms with van der Waals surface area (Å²) >= 11 is 0. The summed E-state index contributed by atoms with van der Waals surface area (Å²) in [6.45, 7) is 5.70. The highest BCUT2D eigenvalue weighted by Gasteiger charge is 2.53. The minimum absolute atomic E-state index is 0.0132. The van der Waals surface area contributed by atoms with Crippen LogP contribution in [0.3, 0.4) is 0 Å². The van der Waals surface area contributed by atoms with Crippen LogP contribution in [-0.4, -0.2) is 116 Å². The number of unbranched alkanes of at least 4 members (excludes halogenated alkanes) is 5. The topological polar surface area (TPSA) is 236 Å². The Labute approximate surface area is 443 Å². The van der Waals surface area contributed by atoms with E-state index in [9.17, 15) is 34.1 Å². The largest absolute Gasteiger partial charge is 0.463 e. The number of non-ortho nitro benzene ring substituents is 1. The number of rotatable bonds is 29. The maximum Gasteiger partial charge on any atom is 0.303 e. The summed E-state index contributed by atoms with van der Waals surface area (Å²) in [5, 5.41) is 17.3. The quantitative estimate of drug-likeness (QED) is 0.0175. The van der Waals surface area contributed by atoms with Crippen LogP contribution in [0.2, 0.25) is 0 Å². The Morgan fingerprint density at radius 3 is 1.62 bits per heavy atom. The summed E-state index contributed by atoms with van der Waals surface area (Å²) in [6, 6.07) is 32.1. The lowest BCUT2D eigenvalue weighted by Crippen LogP contribution is -2.67. The number of benzene rings is 4. The van der Waals surface area contributed by atoms with Crippen LogP contribution >= 0.6 is 0 Å². The number of hydrogen-bond acceptors (Lipinski definition) is 16. The molecule has 0 aromatic heterocycles. The molecule has 2 N–H and O–H groups in total. The van der Waals surface area contributed by atoms with Gasteiger partial charge >= 0.3 is 17.9 Å². The highest BCUT2D eigenvalue weighted by Crippen LogP contribution is 2.35. The molecule has 0 bridgehead atoms. The zero-order valence-electron chi connectivity index (χ0n) is 43.6. The predicted octanol–water partition coefficient (Wildman–Crippen LogP) is 7.64. The maximum absolute atomic E-state index is 14.1. The SMILES string of the molecule is CCCCCCCCNC(=O)CC[C@H]1O[C@H](CO[C@@H]2O[C@H](COC(C)=O)[C@@H](OC(C)=O)[C@H](OC(C)=O)[C@H]2NC(=O)c2ccc([N+](=O)[O-])cc2)[C@H](OCc2ccccc2)[C@H](OCc2ccccc2)[C@H]1OCc1ccccc1. The zero-order valence-corrected chi connectivity index (χ0v) is 43.6. The van der Waals surface area contributed by atoms with E-state index in [1.165, 1.54) is 25.5 Å². The van der Waals surface area contributed by atoms with Gasteiger partial charge in [0, 0.05) is 51.4 Å². The summed E-state index contributed by atoms with van der Waals surface area (Å²) in [4.78, 5) is 76.3. The van der Waals surface area contributed by atoms with Gasteiger partial charge in [-0.3, -0.25) is 34.1 Å². The molecule has 2 aliphatic rings. The fourth-order valence-corrected chi connectivity index (χ4v) is 9.10. The number of nitro benzene ring substituents is 1. The van der Waals surface area contributed by atoms with Gasteiger partial charge in [0.15, 0.2) is 18.5 Å². The third kappa shape index (κ3) is 18.6. The molecule has 2 amide bonds.